The first-order chi connectivity index (χ1) is 13.4. The van der Waals surface area contributed by atoms with Gasteiger partial charge in [-0.3, -0.25) is 14.8 Å². The van der Waals surface area contributed by atoms with Gasteiger partial charge in [-0.15, -0.1) is 16.9 Å². The third-order valence-electron chi connectivity index (χ3n) is 4.37. The number of aliphatic carboxylic acids is 1. The van der Waals surface area contributed by atoms with E-state index in [0.717, 1.165) is 0 Å². The summed E-state index contributed by atoms with van der Waals surface area (Å²) in [4.78, 5) is 30.1. The molecule has 3 heterocycles. The summed E-state index contributed by atoms with van der Waals surface area (Å²) in [6.45, 7) is 1.78. The van der Waals surface area contributed by atoms with E-state index in [1.54, 1.807) is 6.92 Å². The minimum atomic E-state index is -1.16. The molecule has 0 radical (unpaired) electrons. The van der Waals surface area contributed by atoms with E-state index in [1.807, 2.05) is 6.07 Å². The number of β-lactam (4-membered cyclic amide) rings is 1. The van der Waals surface area contributed by atoms with Gasteiger partial charge in [0.2, 0.25) is 10.6 Å². The predicted octanol–water partition coefficient (Wildman–Crippen LogP) is 0.272. The van der Waals surface area contributed by atoms with E-state index in [9.17, 15) is 14.7 Å². The molecule has 1 unspecified atom stereocenters. The fourth-order valence-corrected chi connectivity index (χ4v) is 5.47. The predicted molar refractivity (Wildman–Crippen MR) is 105 cm³/mol. The number of hydrogen-bond acceptors (Lipinski definition) is 8. The van der Waals surface area contributed by atoms with Crippen LogP contribution in [0.15, 0.2) is 16.4 Å². The van der Waals surface area contributed by atoms with Gasteiger partial charge in [-0.05, 0) is 12.5 Å². The van der Waals surface area contributed by atoms with Crippen molar-refractivity contribution < 1.29 is 14.7 Å². The lowest BCUT2D eigenvalue weighted by atomic mass is 10.00. The van der Waals surface area contributed by atoms with Crippen molar-refractivity contribution in [2.24, 2.45) is 5.41 Å². The Morgan fingerprint density at radius 2 is 2.39 bits per heavy atom. The van der Waals surface area contributed by atoms with Crippen molar-refractivity contribution >= 4 is 52.6 Å². The Labute approximate surface area is 173 Å². The highest BCUT2D eigenvalue weighted by Gasteiger charge is 2.55. The monoisotopic (exact) mass is 432 g/mol. The Hall–Kier alpha value is -2.54. The Morgan fingerprint density at radius 1 is 1.64 bits per heavy atom. The minimum absolute atomic E-state index is 0.00450. The van der Waals surface area contributed by atoms with Crippen molar-refractivity contribution in [1.29, 1.82) is 5.26 Å². The summed E-state index contributed by atoms with van der Waals surface area (Å²) in [5, 5.41) is 28.6. The molecule has 9 nitrogen and oxygen atoms in total. The van der Waals surface area contributed by atoms with Crippen molar-refractivity contribution in [2.45, 2.75) is 23.5 Å². The second-order valence-electron chi connectivity index (χ2n) is 6.22. The SMILES string of the molecule is Cc1nc(SCC2=C(C(=O)O)N3C(=O)C(NC(=S)C4(C#N)C#C4)[C@@H]3SC2)n[nH]1. The Bertz CT molecular complexity index is 1040. The molecule has 3 aliphatic rings. The van der Waals surface area contributed by atoms with Gasteiger partial charge in [0.25, 0.3) is 5.91 Å². The Balaban J connectivity index is 1.48. The second-order valence-corrected chi connectivity index (χ2v) is 8.68. The van der Waals surface area contributed by atoms with Crippen LogP contribution in [-0.4, -0.2) is 65.0 Å². The van der Waals surface area contributed by atoms with Gasteiger partial charge in [0.1, 0.15) is 34.0 Å². The number of hydrogen-bond donors (Lipinski definition) is 3. The first-order valence-electron chi connectivity index (χ1n) is 8.04. The van der Waals surface area contributed by atoms with E-state index < -0.39 is 22.8 Å². The molecule has 1 saturated heterocycles. The highest BCUT2D eigenvalue weighted by molar-refractivity contribution is 8.01. The topological polar surface area (TPSA) is 135 Å². The maximum absolute atomic E-state index is 12.6. The molecular formula is C16H12N6O3S3. The number of carboxylic acid groups (broad SMARTS) is 1. The number of amides is 1. The number of carbonyl (C=O) groups is 2. The van der Waals surface area contributed by atoms with Gasteiger partial charge in [-0.25, -0.2) is 9.78 Å². The van der Waals surface area contributed by atoms with Crippen LogP contribution >= 0.6 is 35.7 Å². The normalized spacial score (nSPS) is 23.7. The molecular weight excluding hydrogens is 420 g/mol. The Morgan fingerprint density at radius 3 is 2.96 bits per heavy atom. The van der Waals surface area contributed by atoms with E-state index in [4.69, 9.17) is 17.5 Å². The van der Waals surface area contributed by atoms with Crippen LogP contribution in [0.25, 0.3) is 0 Å². The molecule has 4 rings (SSSR count). The lowest BCUT2D eigenvalue weighted by Gasteiger charge is -2.49. The number of aromatic nitrogens is 3. The van der Waals surface area contributed by atoms with Crippen LogP contribution in [0.2, 0.25) is 0 Å². The number of nitrogens with zero attached hydrogens (tertiary/aromatic N) is 4. The van der Waals surface area contributed by atoms with Crippen molar-refractivity contribution in [2.75, 3.05) is 11.5 Å². The number of H-pyrrole nitrogens is 1. The summed E-state index contributed by atoms with van der Waals surface area (Å²) in [6, 6.07) is 1.31. The highest BCUT2D eigenvalue weighted by Crippen LogP contribution is 2.42. The van der Waals surface area contributed by atoms with Gasteiger partial charge in [0.05, 0.1) is 0 Å². The number of fused-ring (bicyclic) bond motifs is 1. The molecule has 0 bridgehead atoms. The number of thiocarbonyl (C=S) groups is 1. The highest BCUT2D eigenvalue weighted by atomic mass is 32.2. The number of nitriles is 1. The van der Waals surface area contributed by atoms with Crippen LogP contribution in [0, 0.1) is 35.5 Å². The number of aromatic amines is 1. The molecule has 2 atom stereocenters. The van der Waals surface area contributed by atoms with Crippen molar-refractivity contribution in [3.8, 4) is 17.9 Å². The van der Waals surface area contributed by atoms with E-state index in [0.29, 0.717) is 28.1 Å². The van der Waals surface area contributed by atoms with Gasteiger partial charge in [-0.2, -0.15) is 5.26 Å². The summed E-state index contributed by atoms with van der Waals surface area (Å²) < 4.78 is 0. The largest absolute Gasteiger partial charge is 0.477 e. The van der Waals surface area contributed by atoms with Crippen molar-refractivity contribution in [3.05, 3.63) is 17.1 Å². The summed E-state index contributed by atoms with van der Waals surface area (Å²) in [6.07, 6.45) is 0. The van der Waals surface area contributed by atoms with Crippen molar-refractivity contribution in [1.82, 2.24) is 25.4 Å². The molecule has 3 N–H and O–H groups in total. The Kier molecular flexibility index (Phi) is 4.57. The standard InChI is InChI=1S/C16H12N6O3S3/c1-7-18-15(21-20-7)28-5-8-4-27-12-9(11(23)22(12)10(8)13(24)25)19-14(26)16(6-17)2-3-16/h9,12H,4-5H2,1H3,(H,19,26)(H,24,25)(H,18,20,21)/t9?,12-/m0/s1. The first kappa shape index (κ1) is 18.8. The maximum atomic E-state index is 12.6. The summed E-state index contributed by atoms with van der Waals surface area (Å²) in [5.74, 6) is 5.23. The van der Waals surface area contributed by atoms with E-state index >= 15 is 0 Å². The van der Waals surface area contributed by atoms with E-state index in [-0.39, 0.29) is 16.6 Å². The summed E-state index contributed by atoms with van der Waals surface area (Å²) in [5.41, 5.74) is -0.526. The van der Waals surface area contributed by atoms with Gasteiger partial charge < -0.3 is 10.4 Å². The number of aryl methyl sites for hydroxylation is 1. The molecule has 1 aromatic rings. The number of carboxylic acids is 1. The van der Waals surface area contributed by atoms with Gasteiger partial charge in [0.15, 0.2) is 0 Å². The lowest BCUT2D eigenvalue weighted by molar-refractivity contribution is -0.148. The summed E-state index contributed by atoms with van der Waals surface area (Å²) >= 11 is 7.95. The zero-order chi connectivity index (χ0) is 20.1. The van der Waals surface area contributed by atoms with Crippen LogP contribution in [-0.2, 0) is 9.59 Å². The van der Waals surface area contributed by atoms with E-state index in [1.165, 1.54) is 28.4 Å². The van der Waals surface area contributed by atoms with Gasteiger partial charge in [0, 0.05) is 11.5 Å². The maximum Gasteiger partial charge on any atom is 0.352 e. The fourth-order valence-electron chi connectivity index (χ4n) is 2.86. The van der Waals surface area contributed by atoms with Crippen molar-refractivity contribution in [3.63, 3.8) is 0 Å². The number of thioether (sulfide) groups is 2. The molecule has 0 saturated carbocycles. The lowest BCUT2D eigenvalue weighted by Crippen LogP contribution is -2.71. The average molecular weight is 433 g/mol. The number of rotatable bonds is 6. The molecule has 0 aromatic carbocycles. The van der Waals surface area contributed by atoms with Gasteiger partial charge in [-0.1, -0.05) is 35.8 Å². The molecule has 2 aliphatic heterocycles. The fraction of sp³-hybridized carbons (Fsp3) is 0.375. The minimum Gasteiger partial charge on any atom is -0.477 e. The quantitative estimate of drug-likeness (QED) is 0.249. The summed E-state index contributed by atoms with van der Waals surface area (Å²) in [7, 11) is 0. The molecule has 1 amide bonds. The first-order valence-corrected chi connectivity index (χ1v) is 10.5. The van der Waals surface area contributed by atoms with Crippen LogP contribution in [0.3, 0.4) is 0 Å². The third-order valence-corrected chi connectivity index (χ3v) is 7.07. The third kappa shape index (κ3) is 3.03. The number of carbonyl (C=O) groups excluding carboxylic acids is 1. The van der Waals surface area contributed by atoms with E-state index in [2.05, 4.69) is 32.3 Å². The zero-order valence-corrected chi connectivity index (χ0v) is 16.8. The smallest absolute Gasteiger partial charge is 0.352 e. The van der Waals surface area contributed by atoms with Crippen LogP contribution < -0.4 is 5.32 Å². The van der Waals surface area contributed by atoms with Crippen LogP contribution in [0.1, 0.15) is 5.82 Å². The molecule has 1 aromatic heterocycles. The molecule has 1 aliphatic carbocycles. The molecule has 1 fully saturated rings. The van der Waals surface area contributed by atoms with Crippen LogP contribution in [0.4, 0.5) is 0 Å². The van der Waals surface area contributed by atoms with Crippen LogP contribution in [0.5, 0.6) is 0 Å². The second kappa shape index (κ2) is 6.81. The van der Waals surface area contributed by atoms with Gasteiger partial charge >= 0.3 is 5.97 Å². The number of nitrogens with one attached hydrogen (secondary N) is 2. The molecule has 142 valence electrons. The molecule has 12 heteroatoms. The zero-order valence-electron chi connectivity index (χ0n) is 14.3. The average Bonchev–Trinajstić information content (AvgIpc) is 3.38. The molecule has 0 spiro atoms. The molecule has 28 heavy (non-hydrogen) atoms.